The van der Waals surface area contributed by atoms with Gasteiger partial charge in [0.15, 0.2) is 0 Å². The zero-order valence-electron chi connectivity index (χ0n) is 12.2. The third-order valence-corrected chi connectivity index (χ3v) is 5.42. The Kier molecular flexibility index (Phi) is 3.84. The van der Waals surface area contributed by atoms with Crippen molar-refractivity contribution < 1.29 is 9.53 Å². The summed E-state index contributed by atoms with van der Waals surface area (Å²) in [6.07, 6.45) is 7.33. The second-order valence-corrected chi connectivity index (χ2v) is 7.22. The largest absolute Gasteiger partial charge is 0.461 e. The zero-order valence-corrected chi connectivity index (χ0v) is 12.2. The second-order valence-electron chi connectivity index (χ2n) is 7.22. The maximum absolute atomic E-state index is 12.4. The van der Waals surface area contributed by atoms with E-state index < -0.39 is 0 Å². The summed E-state index contributed by atoms with van der Waals surface area (Å²) in [5.41, 5.74) is 0. The number of nitrogens with one attached hydrogen (secondary N) is 1. The quantitative estimate of drug-likeness (QED) is 0.780. The predicted octanol–water partition coefficient (Wildman–Crippen LogP) is 2.74. The lowest BCUT2D eigenvalue weighted by Crippen LogP contribution is -2.40. The van der Waals surface area contributed by atoms with Crippen LogP contribution in [0.5, 0.6) is 0 Å². The summed E-state index contributed by atoms with van der Waals surface area (Å²) in [4.78, 5) is 12.4. The van der Waals surface area contributed by atoms with Crippen LogP contribution in [0.2, 0.25) is 0 Å². The van der Waals surface area contributed by atoms with Gasteiger partial charge < -0.3 is 10.1 Å². The summed E-state index contributed by atoms with van der Waals surface area (Å²) in [5, 5.41) is 3.40. The fraction of sp³-hybridized carbons (Fsp3) is 0.938. The third kappa shape index (κ3) is 2.81. The van der Waals surface area contributed by atoms with E-state index >= 15 is 0 Å². The number of esters is 1. The van der Waals surface area contributed by atoms with Crippen molar-refractivity contribution in [3.05, 3.63) is 0 Å². The molecular weight excluding hydrogens is 238 g/mol. The van der Waals surface area contributed by atoms with E-state index in [4.69, 9.17) is 4.74 Å². The molecule has 0 aromatic rings. The van der Waals surface area contributed by atoms with Crippen LogP contribution in [0.4, 0.5) is 0 Å². The van der Waals surface area contributed by atoms with Gasteiger partial charge >= 0.3 is 5.97 Å². The average molecular weight is 265 g/mol. The Bertz CT molecular complexity index is 334. The van der Waals surface area contributed by atoms with E-state index in [-0.39, 0.29) is 18.1 Å². The molecule has 0 spiro atoms. The summed E-state index contributed by atoms with van der Waals surface area (Å²) < 4.78 is 5.82. The van der Waals surface area contributed by atoms with E-state index in [2.05, 4.69) is 19.2 Å². The topological polar surface area (TPSA) is 38.3 Å². The van der Waals surface area contributed by atoms with Gasteiger partial charge in [0.2, 0.25) is 0 Å². The van der Waals surface area contributed by atoms with Gasteiger partial charge in [0.25, 0.3) is 0 Å². The highest BCUT2D eigenvalue weighted by Gasteiger charge is 2.44. The van der Waals surface area contributed by atoms with Crippen molar-refractivity contribution >= 4 is 5.97 Å². The molecule has 0 bridgehead atoms. The van der Waals surface area contributed by atoms with Gasteiger partial charge in [-0.2, -0.15) is 0 Å². The van der Waals surface area contributed by atoms with Crippen molar-refractivity contribution in [1.29, 1.82) is 0 Å². The van der Waals surface area contributed by atoms with Crippen LogP contribution in [-0.2, 0) is 9.53 Å². The number of ether oxygens (including phenoxy) is 1. The molecule has 108 valence electrons. The molecular formula is C16H27NO2. The van der Waals surface area contributed by atoms with Gasteiger partial charge in [-0.3, -0.25) is 4.79 Å². The van der Waals surface area contributed by atoms with E-state index in [1.807, 2.05) is 0 Å². The Balaban J connectivity index is 1.56. The fourth-order valence-corrected chi connectivity index (χ4v) is 4.65. The van der Waals surface area contributed by atoms with Crippen molar-refractivity contribution in [2.45, 2.75) is 64.5 Å². The lowest BCUT2D eigenvalue weighted by molar-refractivity contribution is -0.155. The lowest BCUT2D eigenvalue weighted by Gasteiger charge is -2.32. The molecule has 3 nitrogen and oxygen atoms in total. The minimum absolute atomic E-state index is 0.0139. The molecule has 1 saturated heterocycles. The molecule has 2 saturated carbocycles. The van der Waals surface area contributed by atoms with E-state index in [0.717, 1.165) is 25.3 Å². The Hall–Kier alpha value is -0.570. The molecule has 1 N–H and O–H groups in total. The molecule has 1 heterocycles. The van der Waals surface area contributed by atoms with Crippen LogP contribution >= 0.6 is 0 Å². The van der Waals surface area contributed by atoms with Crippen LogP contribution < -0.4 is 5.32 Å². The van der Waals surface area contributed by atoms with Gasteiger partial charge in [-0.1, -0.05) is 20.3 Å². The molecule has 3 aliphatic rings. The smallest absolute Gasteiger partial charge is 0.323 e. The standard InChI is InChI=1S/C16H27NO2/c1-10-6-11(2)8-13(7-10)19-16(18)15-14-5-3-4-12(14)9-17-15/h10-15,17H,3-9H2,1-2H3. The van der Waals surface area contributed by atoms with Crippen molar-refractivity contribution in [1.82, 2.24) is 5.32 Å². The summed E-state index contributed by atoms with van der Waals surface area (Å²) in [6.45, 7) is 5.57. The van der Waals surface area contributed by atoms with Crippen LogP contribution in [0.15, 0.2) is 0 Å². The molecule has 0 amide bonds. The van der Waals surface area contributed by atoms with Crippen LogP contribution in [0.25, 0.3) is 0 Å². The summed E-state index contributed by atoms with van der Waals surface area (Å²) in [6, 6.07) is -0.0139. The van der Waals surface area contributed by atoms with Crippen LogP contribution in [0.1, 0.15) is 52.4 Å². The molecule has 0 aromatic carbocycles. The van der Waals surface area contributed by atoms with Crippen molar-refractivity contribution in [2.24, 2.45) is 23.7 Å². The first-order valence-electron chi connectivity index (χ1n) is 8.07. The molecule has 3 fully saturated rings. The minimum Gasteiger partial charge on any atom is -0.461 e. The van der Waals surface area contributed by atoms with Gasteiger partial charge in [-0.15, -0.1) is 0 Å². The van der Waals surface area contributed by atoms with Gasteiger partial charge in [0, 0.05) is 0 Å². The predicted molar refractivity (Wildman–Crippen MR) is 74.7 cm³/mol. The highest BCUT2D eigenvalue weighted by Crippen LogP contribution is 2.38. The van der Waals surface area contributed by atoms with Crippen molar-refractivity contribution in [2.75, 3.05) is 6.54 Å². The number of hydrogen-bond acceptors (Lipinski definition) is 3. The normalized spacial score (nSPS) is 46.0. The number of fused-ring (bicyclic) bond motifs is 1. The van der Waals surface area contributed by atoms with Crippen molar-refractivity contribution in [3.63, 3.8) is 0 Å². The highest BCUT2D eigenvalue weighted by molar-refractivity contribution is 5.77. The molecule has 19 heavy (non-hydrogen) atoms. The van der Waals surface area contributed by atoms with Gasteiger partial charge in [0.1, 0.15) is 12.1 Å². The van der Waals surface area contributed by atoms with Crippen LogP contribution in [-0.4, -0.2) is 24.7 Å². The van der Waals surface area contributed by atoms with Gasteiger partial charge in [0.05, 0.1) is 0 Å². The third-order valence-electron chi connectivity index (χ3n) is 5.42. The van der Waals surface area contributed by atoms with E-state index in [9.17, 15) is 4.79 Å². The Morgan fingerprint density at radius 1 is 1.11 bits per heavy atom. The molecule has 3 rings (SSSR count). The number of rotatable bonds is 2. The maximum atomic E-state index is 12.4. The minimum atomic E-state index is -0.0139. The van der Waals surface area contributed by atoms with E-state index in [1.54, 1.807) is 0 Å². The molecule has 5 atom stereocenters. The number of hydrogen-bond donors (Lipinski definition) is 1. The lowest BCUT2D eigenvalue weighted by atomic mass is 9.81. The van der Waals surface area contributed by atoms with Crippen LogP contribution in [0.3, 0.4) is 0 Å². The first kappa shape index (κ1) is 13.4. The zero-order chi connectivity index (χ0) is 13.4. The van der Waals surface area contributed by atoms with Crippen molar-refractivity contribution in [3.8, 4) is 0 Å². The average Bonchev–Trinajstić information content (AvgIpc) is 2.87. The molecule has 5 unspecified atom stereocenters. The van der Waals surface area contributed by atoms with Crippen LogP contribution in [0, 0.1) is 23.7 Å². The molecule has 2 aliphatic carbocycles. The van der Waals surface area contributed by atoms with Gasteiger partial charge in [-0.05, 0) is 62.3 Å². The van der Waals surface area contributed by atoms with E-state index in [1.165, 1.54) is 25.7 Å². The summed E-state index contributed by atoms with van der Waals surface area (Å²) >= 11 is 0. The molecule has 0 aromatic heterocycles. The Morgan fingerprint density at radius 2 is 1.84 bits per heavy atom. The summed E-state index contributed by atoms with van der Waals surface area (Å²) in [5.74, 6) is 2.68. The Labute approximate surface area is 116 Å². The SMILES string of the molecule is CC1CC(C)CC(OC(=O)C2NCC3CCCC32)C1. The number of carbonyl (C=O) groups is 1. The Morgan fingerprint density at radius 3 is 2.58 bits per heavy atom. The summed E-state index contributed by atoms with van der Waals surface area (Å²) in [7, 11) is 0. The molecule has 0 radical (unpaired) electrons. The van der Waals surface area contributed by atoms with Gasteiger partial charge in [-0.25, -0.2) is 0 Å². The second kappa shape index (κ2) is 5.43. The number of carbonyl (C=O) groups excluding carboxylic acids is 1. The first-order valence-corrected chi connectivity index (χ1v) is 8.07. The first-order chi connectivity index (χ1) is 9.13. The monoisotopic (exact) mass is 265 g/mol. The highest BCUT2D eigenvalue weighted by atomic mass is 16.5. The maximum Gasteiger partial charge on any atom is 0.323 e. The van der Waals surface area contributed by atoms with E-state index in [0.29, 0.717) is 17.8 Å². The fourth-order valence-electron chi connectivity index (χ4n) is 4.65. The molecule has 1 aliphatic heterocycles. The molecule has 3 heteroatoms.